The number of nitrogens with one attached hydrogen (secondary N) is 1. The number of halogens is 2. The highest BCUT2D eigenvalue weighted by Gasteiger charge is 2.22. The Bertz CT molecular complexity index is 839. The molecule has 0 radical (unpaired) electrons. The Morgan fingerprint density at radius 3 is 2.59 bits per heavy atom. The van der Waals surface area contributed by atoms with Gasteiger partial charge in [0.25, 0.3) is 0 Å². The van der Waals surface area contributed by atoms with Gasteiger partial charge in [-0.3, -0.25) is 9.69 Å². The minimum Gasteiger partial charge on any atom is -0.373 e. The summed E-state index contributed by atoms with van der Waals surface area (Å²) < 4.78 is 5.81. The van der Waals surface area contributed by atoms with Gasteiger partial charge >= 0.3 is 0 Å². The second kappa shape index (κ2) is 10.7. The Hall–Kier alpha value is -1.24. The number of anilines is 1. The zero-order valence-electron chi connectivity index (χ0n) is 16.7. The Balaban J connectivity index is 1.53. The highest BCUT2D eigenvalue weighted by atomic mass is 35.5. The molecule has 2 aromatic carbocycles. The molecule has 2 aromatic rings. The Labute approximate surface area is 186 Å². The summed E-state index contributed by atoms with van der Waals surface area (Å²) in [6, 6.07) is 13.4. The summed E-state index contributed by atoms with van der Waals surface area (Å²) in [5.41, 5.74) is 2.96. The summed E-state index contributed by atoms with van der Waals surface area (Å²) in [5, 5.41) is 4.30. The lowest BCUT2D eigenvalue weighted by Crippen LogP contribution is -2.44. The van der Waals surface area contributed by atoms with Gasteiger partial charge in [0.2, 0.25) is 5.91 Å². The molecule has 0 aromatic heterocycles. The number of rotatable bonds is 7. The molecule has 156 valence electrons. The monoisotopic (exact) mass is 452 g/mol. The molecule has 2 atom stereocenters. The van der Waals surface area contributed by atoms with Crippen molar-refractivity contribution in [1.29, 1.82) is 0 Å². The van der Waals surface area contributed by atoms with Gasteiger partial charge in [-0.15, -0.1) is 11.8 Å². The van der Waals surface area contributed by atoms with Crippen LogP contribution in [-0.4, -0.2) is 41.9 Å². The lowest BCUT2D eigenvalue weighted by Gasteiger charge is -2.35. The molecule has 0 spiro atoms. The number of para-hydroxylation sites is 1. The van der Waals surface area contributed by atoms with Crippen molar-refractivity contribution in [3.8, 4) is 0 Å². The molecule has 2 unspecified atom stereocenters. The SMILES string of the molecule is CC1CN(Cc2ccccc2NC(=O)CSCc2ccc(Cl)cc2Cl)CC(C)O1. The first kappa shape index (κ1) is 22.4. The van der Waals surface area contributed by atoms with Crippen molar-refractivity contribution in [2.45, 2.75) is 38.4 Å². The quantitative estimate of drug-likeness (QED) is 0.603. The molecule has 1 heterocycles. The highest BCUT2D eigenvalue weighted by molar-refractivity contribution is 7.99. The predicted molar refractivity (Wildman–Crippen MR) is 123 cm³/mol. The predicted octanol–water partition coefficient (Wildman–Crippen LogP) is 5.47. The van der Waals surface area contributed by atoms with E-state index in [-0.39, 0.29) is 18.1 Å². The van der Waals surface area contributed by atoms with Gasteiger partial charge < -0.3 is 10.1 Å². The highest BCUT2D eigenvalue weighted by Crippen LogP contribution is 2.25. The van der Waals surface area contributed by atoms with E-state index in [1.54, 1.807) is 6.07 Å². The number of ether oxygens (including phenoxy) is 1. The van der Waals surface area contributed by atoms with Gasteiger partial charge in [-0.05, 0) is 43.2 Å². The van der Waals surface area contributed by atoms with E-state index in [0.717, 1.165) is 36.4 Å². The fourth-order valence-corrected chi connectivity index (χ4v) is 4.90. The fourth-order valence-electron chi connectivity index (χ4n) is 3.51. The molecule has 1 aliphatic heterocycles. The Kier molecular flexibility index (Phi) is 8.27. The average molecular weight is 453 g/mol. The lowest BCUT2D eigenvalue weighted by molar-refractivity contribution is -0.113. The molecule has 0 bridgehead atoms. The minimum atomic E-state index is -0.0174. The number of carbonyl (C=O) groups is 1. The number of amides is 1. The second-order valence-electron chi connectivity index (χ2n) is 7.39. The molecule has 1 saturated heterocycles. The largest absolute Gasteiger partial charge is 0.373 e. The van der Waals surface area contributed by atoms with Crippen LogP contribution in [0.3, 0.4) is 0 Å². The molecule has 3 rings (SSSR count). The minimum absolute atomic E-state index is 0.0174. The van der Waals surface area contributed by atoms with E-state index >= 15 is 0 Å². The van der Waals surface area contributed by atoms with Gasteiger partial charge in [0.1, 0.15) is 0 Å². The number of hydrogen-bond acceptors (Lipinski definition) is 4. The molecule has 1 fully saturated rings. The van der Waals surface area contributed by atoms with Gasteiger partial charge in [0, 0.05) is 41.1 Å². The first-order chi connectivity index (χ1) is 13.9. The van der Waals surface area contributed by atoms with E-state index in [2.05, 4.69) is 30.1 Å². The standard InChI is InChI=1S/C22H26Cl2N2O2S/c1-15-10-26(11-16(2)28-15)12-17-5-3-4-6-21(17)25-22(27)14-29-13-18-7-8-19(23)9-20(18)24/h3-9,15-16H,10-14H2,1-2H3,(H,25,27). The molecule has 4 nitrogen and oxygen atoms in total. The topological polar surface area (TPSA) is 41.6 Å². The number of thioether (sulfide) groups is 1. The van der Waals surface area contributed by atoms with E-state index < -0.39 is 0 Å². The van der Waals surface area contributed by atoms with Crippen molar-refractivity contribution >= 4 is 46.6 Å². The van der Waals surface area contributed by atoms with Crippen LogP contribution in [0.5, 0.6) is 0 Å². The van der Waals surface area contributed by atoms with Gasteiger partial charge in [-0.2, -0.15) is 0 Å². The van der Waals surface area contributed by atoms with Crippen LogP contribution >= 0.6 is 35.0 Å². The zero-order chi connectivity index (χ0) is 20.8. The van der Waals surface area contributed by atoms with Crippen molar-refractivity contribution < 1.29 is 9.53 Å². The normalized spacial score (nSPS) is 19.9. The van der Waals surface area contributed by atoms with E-state index in [1.165, 1.54) is 11.8 Å². The molecule has 0 saturated carbocycles. The first-order valence-corrected chi connectivity index (χ1v) is 11.6. The number of carbonyl (C=O) groups excluding carboxylic acids is 1. The summed E-state index contributed by atoms with van der Waals surface area (Å²) in [6.07, 6.45) is 0.438. The summed E-state index contributed by atoms with van der Waals surface area (Å²) in [7, 11) is 0. The molecular weight excluding hydrogens is 427 g/mol. The Morgan fingerprint density at radius 1 is 1.14 bits per heavy atom. The van der Waals surface area contributed by atoms with Gasteiger partial charge in [0.15, 0.2) is 0 Å². The molecule has 1 N–H and O–H groups in total. The van der Waals surface area contributed by atoms with Crippen LogP contribution in [0.15, 0.2) is 42.5 Å². The molecular formula is C22H26Cl2N2O2S. The third-order valence-corrected chi connectivity index (χ3v) is 6.25. The van der Waals surface area contributed by atoms with Crippen molar-refractivity contribution in [2.75, 3.05) is 24.2 Å². The van der Waals surface area contributed by atoms with Crippen molar-refractivity contribution in [3.05, 3.63) is 63.6 Å². The van der Waals surface area contributed by atoms with Gasteiger partial charge in [-0.25, -0.2) is 0 Å². The van der Waals surface area contributed by atoms with Crippen molar-refractivity contribution in [3.63, 3.8) is 0 Å². The Morgan fingerprint density at radius 2 is 1.86 bits per heavy atom. The summed E-state index contributed by atoms with van der Waals surface area (Å²) in [6.45, 7) is 6.78. The van der Waals surface area contributed by atoms with Crippen LogP contribution in [-0.2, 0) is 21.8 Å². The average Bonchev–Trinajstić information content (AvgIpc) is 2.64. The van der Waals surface area contributed by atoms with Crippen LogP contribution in [0, 0.1) is 0 Å². The smallest absolute Gasteiger partial charge is 0.234 e. The number of benzene rings is 2. The fraction of sp³-hybridized carbons (Fsp3) is 0.409. The van der Waals surface area contributed by atoms with E-state index in [0.29, 0.717) is 21.6 Å². The van der Waals surface area contributed by atoms with Crippen molar-refractivity contribution in [2.24, 2.45) is 0 Å². The summed E-state index contributed by atoms with van der Waals surface area (Å²) in [5.74, 6) is 1.00. The van der Waals surface area contributed by atoms with E-state index in [1.807, 2.05) is 30.3 Å². The van der Waals surface area contributed by atoms with Crippen molar-refractivity contribution in [1.82, 2.24) is 4.90 Å². The zero-order valence-corrected chi connectivity index (χ0v) is 19.0. The number of hydrogen-bond donors (Lipinski definition) is 1. The van der Waals surface area contributed by atoms with E-state index in [4.69, 9.17) is 27.9 Å². The maximum Gasteiger partial charge on any atom is 0.234 e. The van der Waals surface area contributed by atoms with Crippen LogP contribution in [0.2, 0.25) is 10.0 Å². The van der Waals surface area contributed by atoms with Gasteiger partial charge in [0.05, 0.1) is 18.0 Å². The summed E-state index contributed by atoms with van der Waals surface area (Å²) >= 11 is 13.7. The molecule has 0 aliphatic carbocycles. The maximum absolute atomic E-state index is 12.5. The third kappa shape index (κ3) is 6.90. The van der Waals surface area contributed by atoms with Gasteiger partial charge in [-0.1, -0.05) is 47.5 Å². The molecule has 1 aliphatic rings. The second-order valence-corrected chi connectivity index (χ2v) is 9.21. The first-order valence-electron chi connectivity index (χ1n) is 9.68. The van der Waals surface area contributed by atoms with Crippen LogP contribution in [0.1, 0.15) is 25.0 Å². The number of morpholine rings is 1. The van der Waals surface area contributed by atoms with Crippen LogP contribution in [0.4, 0.5) is 5.69 Å². The molecule has 1 amide bonds. The third-order valence-electron chi connectivity index (χ3n) is 4.69. The van der Waals surface area contributed by atoms with Crippen LogP contribution in [0.25, 0.3) is 0 Å². The molecule has 7 heteroatoms. The maximum atomic E-state index is 12.5. The number of nitrogens with zero attached hydrogens (tertiary/aromatic N) is 1. The summed E-state index contributed by atoms with van der Waals surface area (Å²) in [4.78, 5) is 14.8. The van der Waals surface area contributed by atoms with Crippen LogP contribution < -0.4 is 5.32 Å². The molecule has 29 heavy (non-hydrogen) atoms. The van der Waals surface area contributed by atoms with E-state index in [9.17, 15) is 4.79 Å². The lowest BCUT2D eigenvalue weighted by atomic mass is 10.1.